The average molecular weight is 388 g/mol. The Labute approximate surface area is 165 Å². The van der Waals surface area contributed by atoms with Crippen molar-refractivity contribution in [3.63, 3.8) is 0 Å². The van der Waals surface area contributed by atoms with Gasteiger partial charge in [-0.05, 0) is 63.6 Å². The highest BCUT2D eigenvalue weighted by Gasteiger charge is 2.52. The van der Waals surface area contributed by atoms with Crippen LogP contribution in [0.1, 0.15) is 49.5 Å². The second-order valence-corrected chi connectivity index (χ2v) is 6.93. The Morgan fingerprint density at radius 1 is 1.11 bits per heavy atom. The van der Waals surface area contributed by atoms with Crippen LogP contribution in [0.15, 0.2) is 35.9 Å². The Balaban J connectivity index is 2.14. The van der Waals surface area contributed by atoms with Crippen LogP contribution < -0.4 is 0 Å². The van der Waals surface area contributed by atoms with Crippen LogP contribution in [0.4, 0.5) is 0 Å². The molecule has 152 valence electrons. The van der Waals surface area contributed by atoms with Gasteiger partial charge in [-0.1, -0.05) is 23.8 Å². The van der Waals surface area contributed by atoms with Gasteiger partial charge in [0, 0.05) is 0 Å². The smallest absolute Gasteiger partial charge is 0.337 e. The molecule has 6 heteroatoms. The summed E-state index contributed by atoms with van der Waals surface area (Å²) in [7, 11) is 1.35. The van der Waals surface area contributed by atoms with Gasteiger partial charge in [0.1, 0.15) is 0 Å². The molecule has 0 aromatic heterocycles. The Morgan fingerprint density at radius 2 is 1.75 bits per heavy atom. The molecule has 2 rings (SSSR count). The van der Waals surface area contributed by atoms with Gasteiger partial charge in [0.15, 0.2) is 5.41 Å². The zero-order chi connectivity index (χ0) is 20.7. The molecular formula is C22H28O6. The molecule has 1 aromatic rings. The highest BCUT2D eigenvalue weighted by molar-refractivity contribution is 6.03. The maximum Gasteiger partial charge on any atom is 0.337 e. The van der Waals surface area contributed by atoms with E-state index in [1.54, 1.807) is 26.0 Å². The molecule has 1 unspecified atom stereocenters. The SMILES string of the molecule is CCOC(=O)C1(C(=O)OCC)C=C(C)C(CCc2cccc(C(=O)OC)c2)C1. The van der Waals surface area contributed by atoms with Gasteiger partial charge in [-0.3, -0.25) is 9.59 Å². The van der Waals surface area contributed by atoms with Gasteiger partial charge in [0.25, 0.3) is 0 Å². The van der Waals surface area contributed by atoms with Gasteiger partial charge in [-0.2, -0.15) is 0 Å². The third-order valence-electron chi connectivity index (χ3n) is 5.10. The lowest BCUT2D eigenvalue weighted by Crippen LogP contribution is -2.39. The van der Waals surface area contributed by atoms with Crippen molar-refractivity contribution >= 4 is 17.9 Å². The number of aryl methyl sites for hydroxylation is 1. The number of hydrogen-bond acceptors (Lipinski definition) is 6. The fourth-order valence-corrected chi connectivity index (χ4v) is 3.64. The van der Waals surface area contributed by atoms with Gasteiger partial charge in [0.2, 0.25) is 0 Å². The summed E-state index contributed by atoms with van der Waals surface area (Å²) < 4.78 is 15.1. The van der Waals surface area contributed by atoms with Crippen LogP contribution in [0, 0.1) is 11.3 Å². The number of methoxy groups -OCH3 is 1. The molecule has 0 saturated carbocycles. The van der Waals surface area contributed by atoms with Crippen LogP contribution in [0.25, 0.3) is 0 Å². The largest absolute Gasteiger partial charge is 0.465 e. The summed E-state index contributed by atoms with van der Waals surface area (Å²) in [6.07, 6.45) is 3.50. The van der Waals surface area contributed by atoms with E-state index < -0.39 is 17.4 Å². The molecule has 0 heterocycles. The van der Waals surface area contributed by atoms with Gasteiger partial charge in [-0.15, -0.1) is 0 Å². The van der Waals surface area contributed by atoms with E-state index in [-0.39, 0.29) is 25.1 Å². The van der Waals surface area contributed by atoms with E-state index in [0.717, 1.165) is 17.6 Å². The Bertz CT molecular complexity index is 746. The minimum Gasteiger partial charge on any atom is -0.465 e. The number of ether oxygens (including phenoxy) is 3. The Hall–Kier alpha value is -2.63. The number of rotatable bonds is 8. The molecule has 0 fully saturated rings. The third-order valence-corrected chi connectivity index (χ3v) is 5.10. The van der Waals surface area contributed by atoms with Crippen molar-refractivity contribution in [2.45, 2.75) is 40.0 Å². The van der Waals surface area contributed by atoms with E-state index in [1.165, 1.54) is 7.11 Å². The fourth-order valence-electron chi connectivity index (χ4n) is 3.64. The van der Waals surface area contributed by atoms with Crippen LogP contribution in [-0.2, 0) is 30.2 Å². The van der Waals surface area contributed by atoms with E-state index in [0.29, 0.717) is 18.4 Å². The highest BCUT2D eigenvalue weighted by Crippen LogP contribution is 2.44. The zero-order valence-electron chi connectivity index (χ0n) is 16.9. The first-order chi connectivity index (χ1) is 13.4. The number of esters is 3. The fraction of sp³-hybridized carbons (Fsp3) is 0.500. The molecule has 1 atom stereocenters. The lowest BCUT2D eigenvalue weighted by Gasteiger charge is -2.24. The van der Waals surface area contributed by atoms with Crippen LogP contribution in [0.3, 0.4) is 0 Å². The topological polar surface area (TPSA) is 78.9 Å². The summed E-state index contributed by atoms with van der Waals surface area (Å²) in [5.41, 5.74) is 1.12. The average Bonchev–Trinajstić information content (AvgIpc) is 3.04. The van der Waals surface area contributed by atoms with Crippen molar-refractivity contribution in [2.75, 3.05) is 20.3 Å². The van der Waals surface area contributed by atoms with E-state index >= 15 is 0 Å². The lowest BCUT2D eigenvalue weighted by atomic mass is 9.83. The molecule has 0 spiro atoms. The second-order valence-electron chi connectivity index (χ2n) is 6.93. The number of carbonyl (C=O) groups excluding carboxylic acids is 3. The molecule has 1 aliphatic rings. The van der Waals surface area contributed by atoms with Gasteiger partial charge in [-0.25, -0.2) is 4.79 Å². The molecule has 0 radical (unpaired) electrons. The minimum atomic E-state index is -1.37. The first kappa shape index (κ1) is 21.7. The predicted molar refractivity (Wildman–Crippen MR) is 104 cm³/mol. The molecule has 0 amide bonds. The maximum atomic E-state index is 12.6. The number of hydrogen-bond donors (Lipinski definition) is 0. The van der Waals surface area contributed by atoms with E-state index in [2.05, 4.69) is 0 Å². The number of benzene rings is 1. The first-order valence-corrected chi connectivity index (χ1v) is 9.59. The zero-order valence-corrected chi connectivity index (χ0v) is 16.9. The molecule has 0 aliphatic heterocycles. The van der Waals surface area contributed by atoms with Crippen molar-refractivity contribution < 1.29 is 28.6 Å². The molecule has 1 aromatic carbocycles. The van der Waals surface area contributed by atoms with E-state index in [9.17, 15) is 14.4 Å². The molecule has 0 saturated heterocycles. The van der Waals surface area contributed by atoms with Gasteiger partial charge >= 0.3 is 17.9 Å². The van der Waals surface area contributed by atoms with E-state index in [4.69, 9.17) is 14.2 Å². The Kier molecular flexibility index (Phi) is 7.38. The number of allylic oxidation sites excluding steroid dienone is 1. The molecular weight excluding hydrogens is 360 g/mol. The normalized spacial score (nSPS) is 17.6. The second kappa shape index (κ2) is 9.53. The molecule has 6 nitrogen and oxygen atoms in total. The number of carbonyl (C=O) groups is 3. The summed E-state index contributed by atoms with van der Waals surface area (Å²) in [4.78, 5) is 36.9. The minimum absolute atomic E-state index is 0.0515. The van der Waals surface area contributed by atoms with Crippen molar-refractivity contribution in [3.8, 4) is 0 Å². The summed E-state index contributed by atoms with van der Waals surface area (Å²) in [5, 5.41) is 0. The molecule has 0 bridgehead atoms. The standard InChI is InChI=1S/C22H28O6/c1-5-27-20(24)22(21(25)28-6-2)13-15(3)18(14-22)11-10-16-8-7-9-17(12-16)19(23)26-4/h7-9,12-13,18H,5-6,10-11,14H2,1-4H3. The Morgan fingerprint density at radius 3 is 2.32 bits per heavy atom. The monoisotopic (exact) mass is 388 g/mol. The van der Waals surface area contributed by atoms with Crippen molar-refractivity contribution in [3.05, 3.63) is 47.0 Å². The van der Waals surface area contributed by atoms with Crippen molar-refractivity contribution in [1.29, 1.82) is 0 Å². The predicted octanol–water partition coefficient (Wildman–Crippen LogP) is 3.48. The van der Waals surface area contributed by atoms with Crippen LogP contribution in [0.2, 0.25) is 0 Å². The lowest BCUT2D eigenvalue weighted by molar-refractivity contribution is -0.168. The van der Waals surface area contributed by atoms with Crippen molar-refractivity contribution in [1.82, 2.24) is 0 Å². The third kappa shape index (κ3) is 4.61. The summed E-state index contributed by atoms with van der Waals surface area (Å²) in [6.45, 7) is 5.77. The summed E-state index contributed by atoms with van der Waals surface area (Å²) in [5.74, 6) is -1.43. The van der Waals surface area contributed by atoms with Crippen LogP contribution in [0.5, 0.6) is 0 Å². The molecule has 1 aliphatic carbocycles. The quantitative estimate of drug-likeness (QED) is 0.294. The highest BCUT2D eigenvalue weighted by atomic mass is 16.6. The van der Waals surface area contributed by atoms with Crippen molar-refractivity contribution in [2.24, 2.45) is 11.3 Å². The van der Waals surface area contributed by atoms with E-state index in [1.807, 2.05) is 25.1 Å². The summed E-state index contributed by atoms with van der Waals surface area (Å²) >= 11 is 0. The molecule has 0 N–H and O–H groups in total. The van der Waals surface area contributed by atoms with Crippen LogP contribution in [-0.4, -0.2) is 38.2 Å². The van der Waals surface area contributed by atoms with Crippen LogP contribution >= 0.6 is 0 Å². The first-order valence-electron chi connectivity index (χ1n) is 9.59. The van der Waals surface area contributed by atoms with Gasteiger partial charge in [0.05, 0.1) is 25.9 Å². The van der Waals surface area contributed by atoms with Gasteiger partial charge < -0.3 is 14.2 Å². The maximum absolute atomic E-state index is 12.6. The summed E-state index contributed by atoms with van der Waals surface area (Å²) in [6, 6.07) is 7.29. The molecule has 28 heavy (non-hydrogen) atoms.